The van der Waals surface area contributed by atoms with Gasteiger partial charge in [-0.25, -0.2) is 9.67 Å². The Kier molecular flexibility index (Phi) is 3.04. The van der Waals surface area contributed by atoms with E-state index < -0.39 is 0 Å². The number of hydrogen-bond donors (Lipinski definition) is 0. The van der Waals surface area contributed by atoms with Crippen LogP contribution in [0.4, 0.5) is 0 Å². The molecule has 3 rings (SSSR count). The summed E-state index contributed by atoms with van der Waals surface area (Å²) in [5.41, 5.74) is 0. The van der Waals surface area contributed by atoms with Crippen molar-refractivity contribution in [3.8, 4) is 0 Å². The van der Waals surface area contributed by atoms with Gasteiger partial charge in [-0.2, -0.15) is 9.90 Å². The van der Waals surface area contributed by atoms with Crippen LogP contribution in [0, 0.1) is 0 Å². The van der Waals surface area contributed by atoms with Gasteiger partial charge in [-0.1, -0.05) is 13.3 Å². The monoisotopic (exact) mass is 247 g/mol. The largest absolute Gasteiger partial charge is 0.248 e. The highest BCUT2D eigenvalue weighted by atomic mass is 15.6. The van der Waals surface area contributed by atoms with E-state index in [0.717, 1.165) is 31.0 Å². The van der Waals surface area contributed by atoms with E-state index in [-0.39, 0.29) is 0 Å². The number of tetrazole rings is 1. The van der Waals surface area contributed by atoms with Crippen LogP contribution in [0.25, 0.3) is 0 Å². The lowest BCUT2D eigenvalue weighted by molar-refractivity contribution is 0.492. The van der Waals surface area contributed by atoms with Crippen LogP contribution in [0.15, 0.2) is 6.33 Å². The summed E-state index contributed by atoms with van der Waals surface area (Å²) >= 11 is 0. The van der Waals surface area contributed by atoms with Gasteiger partial charge in [0.1, 0.15) is 6.54 Å². The second-order valence-electron chi connectivity index (χ2n) is 4.70. The van der Waals surface area contributed by atoms with Crippen LogP contribution >= 0.6 is 0 Å². The Bertz CT molecular complexity index is 497. The molecular weight excluding hydrogens is 230 g/mol. The molecule has 0 unspecified atom stereocenters. The number of rotatable bonds is 6. The minimum Gasteiger partial charge on any atom is -0.248 e. The Morgan fingerprint density at radius 1 is 1.39 bits per heavy atom. The summed E-state index contributed by atoms with van der Waals surface area (Å²) in [4.78, 5) is 6.17. The van der Waals surface area contributed by atoms with E-state index in [4.69, 9.17) is 0 Å². The summed E-state index contributed by atoms with van der Waals surface area (Å²) in [6, 6.07) is 0. The number of nitrogens with zero attached hydrogens (tertiary/aromatic N) is 7. The smallest absolute Gasteiger partial charge is 0.162 e. The third-order valence-electron chi connectivity index (χ3n) is 3.10. The van der Waals surface area contributed by atoms with Crippen LogP contribution in [0.1, 0.15) is 50.2 Å². The average Bonchev–Trinajstić information content (AvgIpc) is 2.96. The van der Waals surface area contributed by atoms with Crippen molar-refractivity contribution in [1.82, 2.24) is 35.0 Å². The molecule has 1 aliphatic rings. The summed E-state index contributed by atoms with van der Waals surface area (Å²) in [5.74, 6) is 2.50. The fraction of sp³-hybridized carbons (Fsp3) is 0.727. The number of aromatic nitrogens is 7. The van der Waals surface area contributed by atoms with Gasteiger partial charge < -0.3 is 0 Å². The van der Waals surface area contributed by atoms with E-state index in [1.165, 1.54) is 19.2 Å². The van der Waals surface area contributed by atoms with E-state index in [2.05, 4.69) is 32.4 Å². The fourth-order valence-corrected chi connectivity index (χ4v) is 1.90. The van der Waals surface area contributed by atoms with Crippen molar-refractivity contribution in [2.45, 2.75) is 51.6 Å². The third-order valence-corrected chi connectivity index (χ3v) is 3.10. The van der Waals surface area contributed by atoms with Crippen molar-refractivity contribution in [1.29, 1.82) is 0 Å². The van der Waals surface area contributed by atoms with Crippen molar-refractivity contribution in [3.05, 3.63) is 18.0 Å². The lowest BCUT2D eigenvalue weighted by atomic mass is 10.3. The molecule has 1 saturated carbocycles. The predicted octanol–water partition coefficient (Wildman–Crippen LogP) is 0.990. The SMILES string of the molecule is CCCCn1nc(C2CC2)nc1Cn1ncnn1. The van der Waals surface area contributed by atoms with Crippen LogP contribution in [0.3, 0.4) is 0 Å². The highest BCUT2D eigenvalue weighted by molar-refractivity contribution is 5.06. The maximum absolute atomic E-state index is 4.62. The highest BCUT2D eigenvalue weighted by Gasteiger charge is 2.29. The quantitative estimate of drug-likeness (QED) is 0.761. The molecule has 2 aromatic rings. The molecule has 0 aromatic carbocycles. The lowest BCUT2D eigenvalue weighted by Gasteiger charge is -2.03. The zero-order valence-corrected chi connectivity index (χ0v) is 10.5. The molecule has 0 bridgehead atoms. The van der Waals surface area contributed by atoms with E-state index in [1.807, 2.05) is 4.68 Å². The molecule has 0 spiro atoms. The van der Waals surface area contributed by atoms with Gasteiger partial charge in [-0.3, -0.25) is 0 Å². The molecule has 96 valence electrons. The van der Waals surface area contributed by atoms with Crippen LogP contribution in [-0.2, 0) is 13.1 Å². The van der Waals surface area contributed by atoms with Crippen LogP contribution < -0.4 is 0 Å². The van der Waals surface area contributed by atoms with E-state index in [9.17, 15) is 0 Å². The first kappa shape index (κ1) is 11.3. The van der Waals surface area contributed by atoms with Gasteiger partial charge in [0, 0.05) is 12.5 Å². The highest BCUT2D eigenvalue weighted by Crippen LogP contribution is 2.38. The molecule has 1 aliphatic carbocycles. The third kappa shape index (κ3) is 2.39. The molecule has 2 heterocycles. The molecule has 0 saturated heterocycles. The minimum atomic E-state index is 0.545. The molecule has 18 heavy (non-hydrogen) atoms. The van der Waals surface area contributed by atoms with Gasteiger partial charge >= 0.3 is 0 Å². The molecule has 0 atom stereocenters. The maximum Gasteiger partial charge on any atom is 0.162 e. The molecule has 0 amide bonds. The van der Waals surface area contributed by atoms with Crippen LogP contribution in [0.5, 0.6) is 0 Å². The standard InChI is InChI=1S/C11H17N7/c1-2-3-6-17-10(7-18-13-8-12-16-18)14-11(15-17)9-4-5-9/h8-9H,2-7H2,1H3. The Morgan fingerprint density at radius 3 is 2.94 bits per heavy atom. The Labute approximate surface area is 105 Å². The predicted molar refractivity (Wildman–Crippen MR) is 63.8 cm³/mol. The normalized spacial score (nSPS) is 15.2. The van der Waals surface area contributed by atoms with Gasteiger partial charge in [0.05, 0.1) is 0 Å². The number of unbranched alkanes of at least 4 members (excludes halogenated alkanes) is 1. The summed E-state index contributed by atoms with van der Waals surface area (Å²) < 4.78 is 2.00. The van der Waals surface area contributed by atoms with E-state index in [0.29, 0.717) is 12.5 Å². The Balaban J connectivity index is 1.80. The van der Waals surface area contributed by atoms with Crippen molar-refractivity contribution in [2.24, 2.45) is 0 Å². The van der Waals surface area contributed by atoms with E-state index in [1.54, 1.807) is 4.80 Å². The molecular formula is C11H17N7. The second-order valence-corrected chi connectivity index (χ2v) is 4.70. The van der Waals surface area contributed by atoms with Gasteiger partial charge in [-0.05, 0) is 24.5 Å². The summed E-state index contributed by atoms with van der Waals surface area (Å²) in [7, 11) is 0. The summed E-state index contributed by atoms with van der Waals surface area (Å²) in [6.07, 6.45) is 6.15. The molecule has 2 aromatic heterocycles. The van der Waals surface area contributed by atoms with Crippen LogP contribution in [-0.4, -0.2) is 35.0 Å². The maximum atomic E-state index is 4.62. The van der Waals surface area contributed by atoms with Crippen molar-refractivity contribution >= 4 is 0 Å². The number of hydrogen-bond acceptors (Lipinski definition) is 5. The Morgan fingerprint density at radius 2 is 2.28 bits per heavy atom. The molecule has 0 radical (unpaired) electrons. The van der Waals surface area contributed by atoms with Crippen molar-refractivity contribution < 1.29 is 0 Å². The van der Waals surface area contributed by atoms with E-state index >= 15 is 0 Å². The molecule has 1 fully saturated rings. The van der Waals surface area contributed by atoms with Gasteiger partial charge in [0.2, 0.25) is 0 Å². The average molecular weight is 247 g/mol. The summed E-state index contributed by atoms with van der Waals surface area (Å²) in [6.45, 7) is 3.64. The first-order valence-electron chi connectivity index (χ1n) is 6.51. The molecule has 0 N–H and O–H groups in total. The van der Waals surface area contributed by atoms with Gasteiger partial charge in [0.25, 0.3) is 0 Å². The fourth-order valence-electron chi connectivity index (χ4n) is 1.90. The molecule has 0 aliphatic heterocycles. The van der Waals surface area contributed by atoms with Crippen LogP contribution in [0.2, 0.25) is 0 Å². The topological polar surface area (TPSA) is 74.3 Å². The number of aryl methyl sites for hydroxylation is 1. The zero-order chi connectivity index (χ0) is 12.4. The molecule has 7 heteroatoms. The second kappa shape index (κ2) is 4.83. The molecule has 7 nitrogen and oxygen atoms in total. The zero-order valence-electron chi connectivity index (χ0n) is 10.5. The van der Waals surface area contributed by atoms with Crippen molar-refractivity contribution in [2.75, 3.05) is 0 Å². The van der Waals surface area contributed by atoms with Gasteiger partial charge in [0.15, 0.2) is 18.0 Å². The summed E-state index contributed by atoms with van der Waals surface area (Å²) in [5, 5.41) is 16.2. The Hall–Kier alpha value is -1.79. The minimum absolute atomic E-state index is 0.545. The van der Waals surface area contributed by atoms with Crippen molar-refractivity contribution in [3.63, 3.8) is 0 Å². The first-order chi connectivity index (χ1) is 8.86. The van der Waals surface area contributed by atoms with Gasteiger partial charge in [-0.15, -0.1) is 10.2 Å². The first-order valence-corrected chi connectivity index (χ1v) is 6.51. The lowest BCUT2D eigenvalue weighted by Crippen LogP contribution is -2.12.